The summed E-state index contributed by atoms with van der Waals surface area (Å²) in [5.74, 6) is 1.05. The number of methoxy groups -OCH3 is 1. The number of nitrogens with zero attached hydrogens (tertiary/aromatic N) is 4. The zero-order chi connectivity index (χ0) is 22.8. The summed E-state index contributed by atoms with van der Waals surface area (Å²) in [6.07, 6.45) is 2.28. The molecule has 0 N–H and O–H groups in total. The topological polar surface area (TPSA) is 71.1 Å². The van der Waals surface area contributed by atoms with Crippen LogP contribution in [0.5, 0.6) is 5.75 Å². The maximum Gasteiger partial charge on any atom is 0.337 e. The third-order valence-electron chi connectivity index (χ3n) is 5.46. The van der Waals surface area contributed by atoms with E-state index in [-0.39, 0.29) is 11.2 Å². The Morgan fingerprint density at radius 3 is 2.50 bits per heavy atom. The van der Waals surface area contributed by atoms with Crippen LogP contribution in [0.4, 0.5) is 0 Å². The molecule has 0 unspecified atom stereocenters. The van der Waals surface area contributed by atoms with Gasteiger partial charge in [-0.05, 0) is 30.5 Å². The van der Waals surface area contributed by atoms with Crippen molar-refractivity contribution in [2.75, 3.05) is 7.11 Å². The lowest BCUT2D eigenvalue weighted by atomic mass is 10.1. The first kappa shape index (κ1) is 21.9. The lowest BCUT2D eigenvalue weighted by Gasteiger charge is -2.15. The van der Waals surface area contributed by atoms with Gasteiger partial charge in [0.25, 0.3) is 5.56 Å². The molecule has 32 heavy (non-hydrogen) atoms. The Kier molecular flexibility index (Phi) is 6.19. The minimum absolute atomic E-state index is 0.281. The highest BCUT2D eigenvalue weighted by molar-refractivity contribution is 6.32. The second kappa shape index (κ2) is 9.04. The van der Waals surface area contributed by atoms with Gasteiger partial charge in [-0.3, -0.25) is 9.36 Å². The molecular weight excluding hydrogens is 428 g/mol. The van der Waals surface area contributed by atoms with Gasteiger partial charge in [0, 0.05) is 12.1 Å². The monoisotopic (exact) mass is 452 g/mol. The Balaban J connectivity index is 1.99. The lowest BCUT2D eigenvalue weighted by molar-refractivity contribution is 0.408. The van der Waals surface area contributed by atoms with Crippen molar-refractivity contribution in [3.8, 4) is 11.4 Å². The van der Waals surface area contributed by atoms with Crippen LogP contribution in [0.15, 0.2) is 64.4 Å². The molecule has 2 aromatic carbocycles. The number of halogens is 1. The van der Waals surface area contributed by atoms with Crippen LogP contribution in [0, 0.1) is 5.92 Å². The van der Waals surface area contributed by atoms with Crippen LogP contribution in [0.2, 0.25) is 5.02 Å². The number of rotatable bonds is 7. The van der Waals surface area contributed by atoms with E-state index >= 15 is 0 Å². The van der Waals surface area contributed by atoms with E-state index in [1.54, 1.807) is 42.3 Å². The largest absolute Gasteiger partial charge is 0.496 e. The third kappa shape index (κ3) is 3.96. The number of hydrogen-bond acceptors (Lipinski definition) is 4. The quantitative estimate of drug-likeness (QED) is 0.423. The second-order valence-corrected chi connectivity index (χ2v) is 8.47. The molecule has 0 amide bonds. The molecule has 166 valence electrons. The summed E-state index contributed by atoms with van der Waals surface area (Å²) in [7, 11) is 1.61. The minimum Gasteiger partial charge on any atom is -0.496 e. The summed E-state index contributed by atoms with van der Waals surface area (Å²) in [5.41, 5.74) is 1.21. The van der Waals surface area contributed by atoms with Crippen LogP contribution in [-0.4, -0.2) is 25.8 Å². The van der Waals surface area contributed by atoms with E-state index in [2.05, 4.69) is 18.8 Å². The first-order valence-electron chi connectivity index (χ1n) is 10.5. The molecule has 4 aromatic rings. The van der Waals surface area contributed by atoms with Crippen molar-refractivity contribution in [3.63, 3.8) is 0 Å². The highest BCUT2D eigenvalue weighted by Gasteiger charge is 2.21. The SMILES string of the molecule is COc1ccccc1Cn1cnc2c1c(=O)n(CCC(C)C)c(=O)n2-c1ccccc1Cl. The van der Waals surface area contributed by atoms with Crippen LogP contribution in [-0.2, 0) is 13.1 Å². The Morgan fingerprint density at radius 1 is 1.06 bits per heavy atom. The number of hydrogen-bond donors (Lipinski definition) is 0. The summed E-state index contributed by atoms with van der Waals surface area (Å²) >= 11 is 6.43. The number of fused-ring (bicyclic) bond motifs is 1. The van der Waals surface area contributed by atoms with Gasteiger partial charge in [0.1, 0.15) is 5.75 Å². The van der Waals surface area contributed by atoms with E-state index in [4.69, 9.17) is 16.3 Å². The van der Waals surface area contributed by atoms with E-state index in [1.165, 1.54) is 9.13 Å². The van der Waals surface area contributed by atoms with Gasteiger partial charge in [-0.2, -0.15) is 0 Å². The van der Waals surface area contributed by atoms with Crippen LogP contribution in [0.25, 0.3) is 16.9 Å². The van der Waals surface area contributed by atoms with Crippen molar-refractivity contribution in [1.82, 2.24) is 18.7 Å². The summed E-state index contributed by atoms with van der Waals surface area (Å²) in [6.45, 7) is 4.81. The van der Waals surface area contributed by atoms with E-state index in [1.807, 2.05) is 24.3 Å². The highest BCUT2D eigenvalue weighted by atomic mass is 35.5. The number of benzene rings is 2. The Hall–Kier alpha value is -3.32. The molecule has 0 fully saturated rings. The van der Waals surface area contributed by atoms with Gasteiger partial charge in [-0.1, -0.05) is 55.8 Å². The predicted octanol–water partition coefficient (Wildman–Crippen LogP) is 4.11. The molecule has 0 aliphatic rings. The Morgan fingerprint density at radius 2 is 1.78 bits per heavy atom. The molecular formula is C24H25ClN4O3. The van der Waals surface area contributed by atoms with Crippen LogP contribution >= 0.6 is 11.6 Å². The van der Waals surface area contributed by atoms with Gasteiger partial charge < -0.3 is 9.30 Å². The standard InChI is InChI=1S/C24H25ClN4O3/c1-16(2)12-13-28-23(30)21-22(29(24(28)31)19-10-6-5-9-18(19)25)26-15-27(21)14-17-8-4-7-11-20(17)32-3/h4-11,15-16H,12-14H2,1-3H3. The average molecular weight is 453 g/mol. The van der Waals surface area contributed by atoms with Crippen LogP contribution in [0.3, 0.4) is 0 Å². The number of para-hydroxylation sites is 2. The van der Waals surface area contributed by atoms with Crippen molar-refractivity contribution < 1.29 is 4.74 Å². The van der Waals surface area contributed by atoms with Gasteiger partial charge in [0.15, 0.2) is 11.2 Å². The maximum atomic E-state index is 13.5. The summed E-state index contributed by atoms with van der Waals surface area (Å²) < 4.78 is 9.93. The highest BCUT2D eigenvalue weighted by Crippen LogP contribution is 2.23. The van der Waals surface area contributed by atoms with Crippen molar-refractivity contribution in [3.05, 3.63) is 86.3 Å². The molecule has 2 aromatic heterocycles. The van der Waals surface area contributed by atoms with E-state index in [0.29, 0.717) is 47.4 Å². The fourth-order valence-corrected chi connectivity index (χ4v) is 3.97. The van der Waals surface area contributed by atoms with Gasteiger partial charge in [0.05, 0.1) is 30.7 Å². The molecule has 2 heterocycles. The third-order valence-corrected chi connectivity index (χ3v) is 5.78. The molecule has 0 radical (unpaired) electrons. The maximum absolute atomic E-state index is 13.5. The predicted molar refractivity (Wildman–Crippen MR) is 126 cm³/mol. The fraction of sp³-hybridized carbons (Fsp3) is 0.292. The van der Waals surface area contributed by atoms with E-state index < -0.39 is 5.69 Å². The van der Waals surface area contributed by atoms with Crippen molar-refractivity contribution in [2.45, 2.75) is 33.4 Å². The van der Waals surface area contributed by atoms with Crippen LogP contribution in [0.1, 0.15) is 25.8 Å². The van der Waals surface area contributed by atoms with Crippen molar-refractivity contribution >= 4 is 22.8 Å². The first-order chi connectivity index (χ1) is 15.4. The molecule has 0 saturated carbocycles. The van der Waals surface area contributed by atoms with E-state index in [0.717, 1.165) is 5.56 Å². The lowest BCUT2D eigenvalue weighted by Crippen LogP contribution is -2.40. The number of ether oxygens (including phenoxy) is 1. The normalized spacial score (nSPS) is 11.4. The molecule has 0 spiro atoms. The van der Waals surface area contributed by atoms with Gasteiger partial charge in [0.2, 0.25) is 0 Å². The molecule has 7 nitrogen and oxygen atoms in total. The summed E-state index contributed by atoms with van der Waals surface area (Å²) in [4.78, 5) is 31.4. The van der Waals surface area contributed by atoms with Gasteiger partial charge >= 0.3 is 5.69 Å². The average Bonchev–Trinajstić information content (AvgIpc) is 3.18. The Bertz CT molecular complexity index is 1380. The molecule has 0 bridgehead atoms. The van der Waals surface area contributed by atoms with Crippen molar-refractivity contribution in [2.24, 2.45) is 5.92 Å². The molecule has 4 rings (SSSR count). The number of aromatic nitrogens is 4. The summed E-state index contributed by atoms with van der Waals surface area (Å²) in [6, 6.07) is 14.7. The van der Waals surface area contributed by atoms with Gasteiger partial charge in [-0.15, -0.1) is 0 Å². The minimum atomic E-state index is -0.446. The molecule has 0 aliphatic carbocycles. The molecule has 8 heteroatoms. The molecule has 0 aliphatic heterocycles. The zero-order valence-electron chi connectivity index (χ0n) is 18.3. The Labute approximate surface area is 190 Å². The van der Waals surface area contributed by atoms with Crippen molar-refractivity contribution in [1.29, 1.82) is 0 Å². The first-order valence-corrected chi connectivity index (χ1v) is 10.9. The van der Waals surface area contributed by atoms with Crippen LogP contribution < -0.4 is 16.0 Å². The molecule has 0 saturated heterocycles. The zero-order valence-corrected chi connectivity index (χ0v) is 19.0. The second-order valence-electron chi connectivity index (χ2n) is 8.07. The molecule has 0 atom stereocenters. The van der Waals surface area contributed by atoms with Gasteiger partial charge in [-0.25, -0.2) is 14.3 Å². The fourth-order valence-electron chi connectivity index (χ4n) is 3.75. The van der Waals surface area contributed by atoms with E-state index in [9.17, 15) is 9.59 Å². The summed E-state index contributed by atoms with van der Waals surface area (Å²) in [5, 5.41) is 0.407. The number of imidazole rings is 1. The smallest absolute Gasteiger partial charge is 0.337 e.